The first-order valence-corrected chi connectivity index (χ1v) is 9.76. The van der Waals surface area contributed by atoms with Crippen LogP contribution < -0.4 is 5.32 Å². The van der Waals surface area contributed by atoms with E-state index in [9.17, 15) is 22.6 Å². The average molecular weight is 413 g/mol. The van der Waals surface area contributed by atoms with Crippen molar-refractivity contribution in [2.24, 2.45) is 0 Å². The molecule has 1 aromatic rings. The van der Waals surface area contributed by atoms with Gasteiger partial charge in [-0.05, 0) is 31.8 Å². The minimum Gasteiger partial charge on any atom is -0.466 e. The van der Waals surface area contributed by atoms with Gasteiger partial charge < -0.3 is 25.0 Å². The fourth-order valence-electron chi connectivity index (χ4n) is 2.84. The van der Waals surface area contributed by atoms with Gasteiger partial charge in [0.25, 0.3) is 16.0 Å². The standard InChI is InChI=1S/C17H23N3O7S/c1-19(2)9-11-4-5-12(8-14(11)28(24,25)26)18-15-13(17(23)27-3)10-20(6-7-21)16(15)22/h4-5,8,18,21H,6-7,9-10H2,1-3H3,(H,24,25,26). The number of nitrogens with zero attached hydrogens (tertiary/aromatic N) is 2. The van der Waals surface area contributed by atoms with Crippen LogP contribution in [0.25, 0.3) is 0 Å². The molecule has 0 aromatic heterocycles. The van der Waals surface area contributed by atoms with E-state index in [0.29, 0.717) is 5.56 Å². The van der Waals surface area contributed by atoms with Crippen LogP contribution in [0.1, 0.15) is 5.56 Å². The molecular weight excluding hydrogens is 390 g/mol. The molecule has 0 bridgehead atoms. The van der Waals surface area contributed by atoms with E-state index in [2.05, 4.69) is 5.32 Å². The molecule has 1 amide bonds. The number of hydrogen-bond donors (Lipinski definition) is 3. The molecule has 0 unspecified atom stereocenters. The van der Waals surface area contributed by atoms with Crippen molar-refractivity contribution in [3.05, 3.63) is 35.0 Å². The Bertz CT molecular complexity index is 909. The minimum atomic E-state index is -4.51. The molecule has 3 N–H and O–H groups in total. The summed E-state index contributed by atoms with van der Waals surface area (Å²) in [6.07, 6.45) is 0. The predicted molar refractivity (Wildman–Crippen MR) is 100.0 cm³/mol. The van der Waals surface area contributed by atoms with Crippen LogP contribution >= 0.6 is 0 Å². The second kappa shape index (κ2) is 8.69. The molecular formula is C17H23N3O7S. The molecule has 2 rings (SSSR count). The molecule has 0 atom stereocenters. The maximum absolute atomic E-state index is 12.5. The van der Waals surface area contributed by atoms with Crippen molar-refractivity contribution in [2.75, 3.05) is 46.2 Å². The zero-order valence-electron chi connectivity index (χ0n) is 15.8. The fraction of sp³-hybridized carbons (Fsp3) is 0.412. The van der Waals surface area contributed by atoms with Gasteiger partial charge in [0.15, 0.2) is 0 Å². The molecule has 11 heteroatoms. The smallest absolute Gasteiger partial charge is 0.337 e. The van der Waals surface area contributed by atoms with Gasteiger partial charge in [0, 0.05) is 18.8 Å². The number of amides is 1. The highest BCUT2D eigenvalue weighted by Crippen LogP contribution is 2.26. The van der Waals surface area contributed by atoms with Gasteiger partial charge in [-0.15, -0.1) is 0 Å². The van der Waals surface area contributed by atoms with E-state index in [-0.39, 0.29) is 48.1 Å². The first kappa shape index (κ1) is 21.8. The number of β-amino-alcohol motifs (C(OH)–C–C–N with tert-alkyl or cyclic N) is 1. The number of hydrogen-bond acceptors (Lipinski definition) is 8. The number of esters is 1. The third-order valence-electron chi connectivity index (χ3n) is 4.05. The summed E-state index contributed by atoms with van der Waals surface area (Å²) in [5.74, 6) is -1.24. The third-order valence-corrected chi connectivity index (χ3v) is 4.99. The van der Waals surface area contributed by atoms with Crippen molar-refractivity contribution < 1.29 is 32.4 Å². The van der Waals surface area contributed by atoms with Crippen molar-refractivity contribution in [3.63, 3.8) is 0 Å². The Balaban J connectivity index is 2.44. The average Bonchev–Trinajstić information content (AvgIpc) is 2.91. The molecule has 1 aliphatic heterocycles. The van der Waals surface area contributed by atoms with Crippen molar-refractivity contribution in [2.45, 2.75) is 11.4 Å². The molecule has 1 aromatic carbocycles. The Labute approximate surface area is 163 Å². The molecule has 0 saturated carbocycles. The van der Waals surface area contributed by atoms with Crippen LogP contribution in [0.15, 0.2) is 34.4 Å². The Morgan fingerprint density at radius 1 is 1.36 bits per heavy atom. The lowest BCUT2D eigenvalue weighted by Gasteiger charge is -2.16. The number of benzene rings is 1. The van der Waals surface area contributed by atoms with Crippen molar-refractivity contribution in [1.82, 2.24) is 9.80 Å². The van der Waals surface area contributed by atoms with Crippen LogP contribution in [0.2, 0.25) is 0 Å². The van der Waals surface area contributed by atoms with Crippen molar-refractivity contribution in [1.29, 1.82) is 0 Å². The number of aliphatic hydroxyl groups excluding tert-OH is 1. The fourth-order valence-corrected chi connectivity index (χ4v) is 3.58. The maximum Gasteiger partial charge on any atom is 0.337 e. The highest BCUT2D eigenvalue weighted by molar-refractivity contribution is 7.85. The van der Waals surface area contributed by atoms with Gasteiger partial charge in [0.1, 0.15) is 10.6 Å². The monoisotopic (exact) mass is 413 g/mol. The van der Waals surface area contributed by atoms with Gasteiger partial charge in [-0.2, -0.15) is 8.42 Å². The lowest BCUT2D eigenvalue weighted by Crippen LogP contribution is -2.31. The van der Waals surface area contributed by atoms with E-state index in [1.54, 1.807) is 19.0 Å². The lowest BCUT2D eigenvalue weighted by atomic mass is 10.1. The summed E-state index contributed by atoms with van der Waals surface area (Å²) >= 11 is 0. The molecule has 0 saturated heterocycles. The molecule has 28 heavy (non-hydrogen) atoms. The van der Waals surface area contributed by atoms with Crippen molar-refractivity contribution in [3.8, 4) is 0 Å². The summed E-state index contributed by atoms with van der Waals surface area (Å²) in [6, 6.07) is 4.24. The van der Waals surface area contributed by atoms with Gasteiger partial charge in [0.2, 0.25) is 0 Å². The molecule has 0 spiro atoms. The summed E-state index contributed by atoms with van der Waals surface area (Å²) < 4.78 is 37.8. The molecule has 154 valence electrons. The number of ether oxygens (including phenoxy) is 1. The second-order valence-electron chi connectivity index (χ2n) is 6.46. The summed E-state index contributed by atoms with van der Waals surface area (Å²) in [5, 5.41) is 11.8. The van der Waals surface area contributed by atoms with Gasteiger partial charge in [0.05, 0.1) is 25.8 Å². The van der Waals surface area contributed by atoms with Crippen LogP contribution in [0.3, 0.4) is 0 Å². The Morgan fingerprint density at radius 3 is 2.57 bits per heavy atom. The Kier molecular flexibility index (Phi) is 6.77. The highest BCUT2D eigenvalue weighted by atomic mass is 32.2. The number of carbonyl (C=O) groups excluding carboxylic acids is 2. The minimum absolute atomic E-state index is 0.0303. The molecule has 10 nitrogen and oxygen atoms in total. The van der Waals surface area contributed by atoms with Gasteiger partial charge in [-0.1, -0.05) is 6.07 Å². The second-order valence-corrected chi connectivity index (χ2v) is 7.85. The van der Waals surface area contributed by atoms with Crippen LogP contribution in [0.5, 0.6) is 0 Å². The molecule has 1 aliphatic rings. The summed E-state index contributed by atoms with van der Waals surface area (Å²) in [4.78, 5) is 27.2. The first-order chi connectivity index (χ1) is 13.1. The van der Waals surface area contributed by atoms with E-state index in [1.165, 1.54) is 30.2 Å². The van der Waals surface area contributed by atoms with E-state index in [0.717, 1.165) is 0 Å². The Morgan fingerprint density at radius 2 is 2.04 bits per heavy atom. The van der Waals surface area contributed by atoms with Crippen LogP contribution in [-0.2, 0) is 31.0 Å². The molecule has 0 radical (unpaired) electrons. The number of rotatable bonds is 8. The zero-order chi connectivity index (χ0) is 21.1. The van der Waals surface area contributed by atoms with E-state index in [4.69, 9.17) is 9.84 Å². The largest absolute Gasteiger partial charge is 0.466 e. The lowest BCUT2D eigenvalue weighted by molar-refractivity contribution is -0.136. The maximum atomic E-state index is 12.5. The normalized spacial score (nSPS) is 14.8. The SMILES string of the molecule is COC(=O)C1=C(Nc2ccc(CN(C)C)c(S(=O)(=O)O)c2)C(=O)N(CCO)C1. The van der Waals surface area contributed by atoms with Crippen molar-refractivity contribution >= 4 is 27.7 Å². The zero-order valence-corrected chi connectivity index (χ0v) is 16.6. The number of anilines is 1. The van der Waals surface area contributed by atoms with Gasteiger partial charge >= 0.3 is 5.97 Å². The summed E-state index contributed by atoms with van der Waals surface area (Å²) in [6.45, 7) is -0.0187. The summed E-state index contributed by atoms with van der Waals surface area (Å²) in [5.41, 5.74) is 0.569. The van der Waals surface area contributed by atoms with E-state index < -0.39 is 22.0 Å². The molecule has 0 fully saturated rings. The number of aliphatic hydroxyl groups is 1. The number of nitrogens with one attached hydrogen (secondary N) is 1. The third kappa shape index (κ3) is 4.87. The predicted octanol–water partition coefficient (Wildman–Crippen LogP) is -0.332. The summed E-state index contributed by atoms with van der Waals surface area (Å²) in [7, 11) is 0.174. The molecule has 0 aliphatic carbocycles. The van der Waals surface area contributed by atoms with Crippen LogP contribution in [0.4, 0.5) is 5.69 Å². The Hall–Kier alpha value is -2.47. The first-order valence-electron chi connectivity index (χ1n) is 8.32. The molecule has 1 heterocycles. The topological polar surface area (TPSA) is 136 Å². The van der Waals surface area contributed by atoms with E-state index >= 15 is 0 Å². The van der Waals surface area contributed by atoms with E-state index in [1.807, 2.05) is 0 Å². The highest BCUT2D eigenvalue weighted by Gasteiger charge is 2.34. The number of methoxy groups -OCH3 is 1. The number of carbonyl (C=O) groups is 2. The quantitative estimate of drug-likeness (QED) is 0.386. The van der Waals surface area contributed by atoms with Gasteiger partial charge in [-0.3, -0.25) is 9.35 Å². The van der Waals surface area contributed by atoms with Crippen LogP contribution in [0, 0.1) is 0 Å². The van der Waals surface area contributed by atoms with Gasteiger partial charge in [-0.25, -0.2) is 4.79 Å². The van der Waals surface area contributed by atoms with Crippen LogP contribution in [-0.4, -0.2) is 80.7 Å².